The van der Waals surface area contributed by atoms with E-state index in [1.165, 1.54) is 22.4 Å². The third-order valence-electron chi connectivity index (χ3n) is 3.23. The molecule has 1 aromatic carbocycles. The Labute approximate surface area is 109 Å². The predicted octanol–water partition coefficient (Wildman–Crippen LogP) is 2.55. The molecule has 0 fully saturated rings. The molecule has 0 atom stereocenters. The second-order valence-electron chi connectivity index (χ2n) is 4.71. The second kappa shape index (κ2) is 5.83. The topological polar surface area (TPSA) is 29.9 Å². The predicted molar refractivity (Wildman–Crippen MR) is 75.6 cm³/mol. The highest BCUT2D eigenvalue weighted by molar-refractivity contribution is 5.66. The zero-order chi connectivity index (χ0) is 13.0. The maximum atomic E-state index is 4.40. The van der Waals surface area contributed by atoms with Gasteiger partial charge in [-0.3, -0.25) is 4.68 Å². The van der Waals surface area contributed by atoms with Crippen molar-refractivity contribution >= 4 is 0 Å². The molecule has 2 rings (SSSR count). The summed E-state index contributed by atoms with van der Waals surface area (Å²) >= 11 is 0. The summed E-state index contributed by atoms with van der Waals surface area (Å²) in [5, 5.41) is 7.59. The van der Waals surface area contributed by atoms with Gasteiger partial charge < -0.3 is 5.32 Å². The summed E-state index contributed by atoms with van der Waals surface area (Å²) < 4.78 is 1.99. The quantitative estimate of drug-likeness (QED) is 0.818. The molecule has 96 valence electrons. The number of hydrogen-bond donors (Lipinski definition) is 1. The minimum Gasteiger partial charge on any atom is -0.320 e. The molecule has 0 aliphatic heterocycles. The summed E-state index contributed by atoms with van der Waals surface area (Å²) in [5.74, 6) is 0. The van der Waals surface area contributed by atoms with E-state index in [1.54, 1.807) is 0 Å². The Morgan fingerprint density at radius 3 is 2.89 bits per heavy atom. The van der Waals surface area contributed by atoms with E-state index >= 15 is 0 Å². The number of hydrogen-bond acceptors (Lipinski definition) is 2. The lowest BCUT2D eigenvalue weighted by molar-refractivity contribution is 0.660. The van der Waals surface area contributed by atoms with Gasteiger partial charge in [-0.25, -0.2) is 0 Å². The molecule has 0 spiro atoms. The molecule has 0 saturated heterocycles. The number of benzene rings is 1. The van der Waals surface area contributed by atoms with E-state index in [0.29, 0.717) is 0 Å². The Morgan fingerprint density at radius 2 is 2.17 bits per heavy atom. The van der Waals surface area contributed by atoms with Crippen LogP contribution >= 0.6 is 0 Å². The van der Waals surface area contributed by atoms with Crippen molar-refractivity contribution in [1.82, 2.24) is 15.1 Å². The van der Waals surface area contributed by atoms with E-state index in [4.69, 9.17) is 0 Å². The fourth-order valence-corrected chi connectivity index (χ4v) is 2.25. The molecule has 0 bridgehead atoms. The Morgan fingerprint density at radius 1 is 1.33 bits per heavy atom. The Hall–Kier alpha value is -1.61. The van der Waals surface area contributed by atoms with Crippen LogP contribution in [0.4, 0.5) is 0 Å². The molecule has 0 aliphatic rings. The van der Waals surface area contributed by atoms with E-state index < -0.39 is 0 Å². The summed E-state index contributed by atoms with van der Waals surface area (Å²) in [4.78, 5) is 0. The second-order valence-corrected chi connectivity index (χ2v) is 4.71. The maximum absolute atomic E-state index is 4.40. The molecule has 0 radical (unpaired) electrons. The number of nitrogens with zero attached hydrogens (tertiary/aromatic N) is 2. The van der Waals surface area contributed by atoms with Crippen LogP contribution in [0.25, 0.3) is 11.1 Å². The van der Waals surface area contributed by atoms with Crippen molar-refractivity contribution in [2.75, 3.05) is 13.6 Å². The van der Waals surface area contributed by atoms with Gasteiger partial charge in [0, 0.05) is 18.3 Å². The summed E-state index contributed by atoms with van der Waals surface area (Å²) in [6, 6.07) is 8.61. The minimum absolute atomic E-state index is 1.04. The third kappa shape index (κ3) is 2.79. The van der Waals surface area contributed by atoms with Crippen LogP contribution < -0.4 is 5.32 Å². The van der Waals surface area contributed by atoms with Crippen molar-refractivity contribution in [3.63, 3.8) is 0 Å². The number of aromatic nitrogens is 2. The molecular formula is C15H21N3. The lowest BCUT2D eigenvalue weighted by atomic mass is 10.0. The fraction of sp³-hybridized carbons (Fsp3) is 0.400. The Balaban J connectivity index is 2.28. The van der Waals surface area contributed by atoms with Crippen molar-refractivity contribution in [2.45, 2.75) is 19.8 Å². The van der Waals surface area contributed by atoms with Gasteiger partial charge in [-0.15, -0.1) is 0 Å². The molecule has 1 heterocycles. The van der Waals surface area contributed by atoms with Crippen LogP contribution in [-0.2, 0) is 13.5 Å². The minimum atomic E-state index is 1.04. The largest absolute Gasteiger partial charge is 0.320 e. The first kappa shape index (κ1) is 12.8. The monoisotopic (exact) mass is 243 g/mol. The first-order valence-electron chi connectivity index (χ1n) is 6.45. The number of nitrogens with one attached hydrogen (secondary N) is 1. The molecule has 0 amide bonds. The molecule has 1 aromatic heterocycles. The van der Waals surface area contributed by atoms with Crippen LogP contribution in [-0.4, -0.2) is 23.4 Å². The zero-order valence-electron chi connectivity index (χ0n) is 11.4. The highest BCUT2D eigenvalue weighted by Crippen LogP contribution is 2.24. The van der Waals surface area contributed by atoms with Crippen molar-refractivity contribution in [3.8, 4) is 11.1 Å². The summed E-state index contributed by atoms with van der Waals surface area (Å²) in [6.07, 6.45) is 4.17. The number of aryl methyl sites for hydroxylation is 2. The highest BCUT2D eigenvalue weighted by atomic mass is 15.3. The van der Waals surface area contributed by atoms with Gasteiger partial charge in [-0.2, -0.15) is 5.10 Å². The van der Waals surface area contributed by atoms with Crippen molar-refractivity contribution in [2.24, 2.45) is 7.05 Å². The molecule has 0 saturated carbocycles. The Bertz CT molecular complexity index is 514. The van der Waals surface area contributed by atoms with E-state index in [-0.39, 0.29) is 0 Å². The van der Waals surface area contributed by atoms with Crippen molar-refractivity contribution in [1.29, 1.82) is 0 Å². The van der Waals surface area contributed by atoms with Crippen LogP contribution in [0.1, 0.15) is 17.7 Å². The molecule has 3 heteroatoms. The fourth-order valence-electron chi connectivity index (χ4n) is 2.25. The molecule has 18 heavy (non-hydrogen) atoms. The van der Waals surface area contributed by atoms with Crippen LogP contribution in [0.2, 0.25) is 0 Å². The molecule has 2 aromatic rings. The van der Waals surface area contributed by atoms with Gasteiger partial charge in [0.2, 0.25) is 0 Å². The van der Waals surface area contributed by atoms with Gasteiger partial charge in [-0.1, -0.05) is 29.8 Å². The SMILES string of the molecule is CNCCCc1c(-c2cccc(C)c2)cnn1C. The first-order valence-corrected chi connectivity index (χ1v) is 6.45. The zero-order valence-corrected chi connectivity index (χ0v) is 11.4. The lowest BCUT2D eigenvalue weighted by Crippen LogP contribution is -2.10. The molecule has 0 unspecified atom stereocenters. The average molecular weight is 243 g/mol. The summed E-state index contributed by atoms with van der Waals surface area (Å²) in [6.45, 7) is 3.17. The van der Waals surface area contributed by atoms with Crippen LogP contribution in [0, 0.1) is 6.92 Å². The Kier molecular flexibility index (Phi) is 4.15. The van der Waals surface area contributed by atoms with Gasteiger partial charge in [0.05, 0.1) is 6.20 Å². The number of rotatable bonds is 5. The molecule has 1 N–H and O–H groups in total. The van der Waals surface area contributed by atoms with Crippen molar-refractivity contribution in [3.05, 3.63) is 41.7 Å². The molecule has 0 aliphatic carbocycles. The van der Waals surface area contributed by atoms with Gasteiger partial charge in [0.25, 0.3) is 0 Å². The van der Waals surface area contributed by atoms with E-state index in [2.05, 4.69) is 41.6 Å². The summed E-state index contributed by atoms with van der Waals surface area (Å²) in [5.41, 5.74) is 5.13. The van der Waals surface area contributed by atoms with E-state index in [0.717, 1.165) is 19.4 Å². The maximum Gasteiger partial charge on any atom is 0.0571 e. The van der Waals surface area contributed by atoms with E-state index in [9.17, 15) is 0 Å². The highest BCUT2D eigenvalue weighted by Gasteiger charge is 2.10. The van der Waals surface area contributed by atoms with Gasteiger partial charge in [-0.05, 0) is 38.9 Å². The summed E-state index contributed by atoms with van der Waals surface area (Å²) in [7, 11) is 4.01. The first-order chi connectivity index (χ1) is 8.72. The van der Waals surface area contributed by atoms with Crippen LogP contribution in [0.15, 0.2) is 30.5 Å². The molecular weight excluding hydrogens is 222 g/mol. The van der Waals surface area contributed by atoms with Crippen molar-refractivity contribution < 1.29 is 0 Å². The van der Waals surface area contributed by atoms with Crippen LogP contribution in [0.3, 0.4) is 0 Å². The van der Waals surface area contributed by atoms with Gasteiger partial charge in [0.15, 0.2) is 0 Å². The van der Waals surface area contributed by atoms with Gasteiger partial charge in [0.1, 0.15) is 0 Å². The van der Waals surface area contributed by atoms with Gasteiger partial charge >= 0.3 is 0 Å². The third-order valence-corrected chi connectivity index (χ3v) is 3.23. The molecule has 3 nitrogen and oxygen atoms in total. The smallest absolute Gasteiger partial charge is 0.0571 e. The van der Waals surface area contributed by atoms with E-state index in [1.807, 2.05) is 25.0 Å². The average Bonchev–Trinajstić information content (AvgIpc) is 2.72. The van der Waals surface area contributed by atoms with Crippen LogP contribution in [0.5, 0.6) is 0 Å². The standard InChI is InChI=1S/C15H21N3/c1-12-6-4-7-13(10-12)14-11-17-18(3)15(14)8-5-9-16-2/h4,6-7,10-11,16H,5,8-9H2,1-3H3. The normalized spacial score (nSPS) is 10.8. The lowest BCUT2D eigenvalue weighted by Gasteiger charge is -2.07.